The zero-order chi connectivity index (χ0) is 23.6. The summed E-state index contributed by atoms with van der Waals surface area (Å²) < 4.78 is 10.9. The van der Waals surface area contributed by atoms with Crippen LogP contribution in [-0.4, -0.2) is 54.7 Å². The summed E-state index contributed by atoms with van der Waals surface area (Å²) in [5.74, 6) is 0.814. The van der Waals surface area contributed by atoms with Gasteiger partial charge in [0.15, 0.2) is 5.11 Å². The summed E-state index contributed by atoms with van der Waals surface area (Å²) >= 11 is 5.30. The molecule has 2 amide bonds. The van der Waals surface area contributed by atoms with Crippen LogP contribution < -0.4 is 15.4 Å². The third-order valence-corrected chi connectivity index (χ3v) is 5.71. The molecule has 0 saturated carbocycles. The van der Waals surface area contributed by atoms with E-state index in [0.717, 1.165) is 25.9 Å². The number of carbonyl (C=O) groups excluding carboxylic acids is 2. The number of hydrogen-bond donors (Lipinski definition) is 2. The highest BCUT2D eigenvalue weighted by atomic mass is 32.1. The van der Waals surface area contributed by atoms with Crippen molar-refractivity contribution in [3.05, 3.63) is 59.7 Å². The number of nitrogens with zero attached hydrogens (tertiary/aromatic N) is 1. The van der Waals surface area contributed by atoms with E-state index < -0.39 is 0 Å². The molecule has 1 aliphatic rings. The van der Waals surface area contributed by atoms with Gasteiger partial charge in [0.2, 0.25) is 0 Å². The Balaban J connectivity index is 1.53. The number of amides is 2. The van der Waals surface area contributed by atoms with Crippen molar-refractivity contribution < 1.29 is 19.1 Å². The molecule has 0 radical (unpaired) electrons. The summed E-state index contributed by atoms with van der Waals surface area (Å²) in [6.45, 7) is 7.14. The van der Waals surface area contributed by atoms with E-state index in [1.54, 1.807) is 48.5 Å². The number of hydrogen-bond acceptors (Lipinski definition) is 5. The number of nitrogens with one attached hydrogen (secondary N) is 2. The lowest BCUT2D eigenvalue weighted by Gasteiger charge is -2.30. The molecule has 0 atom stereocenters. The number of anilines is 1. The van der Waals surface area contributed by atoms with E-state index in [1.807, 2.05) is 11.8 Å². The fourth-order valence-electron chi connectivity index (χ4n) is 3.56. The molecule has 33 heavy (non-hydrogen) atoms. The minimum Gasteiger partial charge on any atom is -0.490 e. The Bertz CT molecular complexity index is 956. The summed E-state index contributed by atoms with van der Waals surface area (Å²) in [6.07, 6.45) is 2.08. The number of rotatable bonds is 8. The Morgan fingerprint density at radius 3 is 2.45 bits per heavy atom. The molecule has 1 heterocycles. The highest BCUT2D eigenvalue weighted by molar-refractivity contribution is 7.80. The first-order valence-corrected chi connectivity index (χ1v) is 11.7. The van der Waals surface area contributed by atoms with Gasteiger partial charge < -0.3 is 19.7 Å². The van der Waals surface area contributed by atoms with Crippen molar-refractivity contribution in [1.29, 1.82) is 0 Å². The Hall–Kier alpha value is -2.97. The van der Waals surface area contributed by atoms with Crippen molar-refractivity contribution in [2.75, 3.05) is 38.2 Å². The molecule has 1 saturated heterocycles. The molecule has 176 valence electrons. The van der Waals surface area contributed by atoms with Gasteiger partial charge in [-0.3, -0.25) is 14.9 Å². The van der Waals surface area contributed by atoms with Crippen LogP contribution in [0.5, 0.6) is 5.75 Å². The number of piperidine rings is 1. The van der Waals surface area contributed by atoms with E-state index in [2.05, 4.69) is 17.6 Å². The average molecular weight is 470 g/mol. The lowest BCUT2D eigenvalue weighted by Crippen LogP contribution is -2.37. The molecular weight excluding hydrogens is 438 g/mol. The Labute approximate surface area is 200 Å². The highest BCUT2D eigenvalue weighted by Gasteiger charge is 2.21. The monoisotopic (exact) mass is 469 g/mol. The van der Waals surface area contributed by atoms with Crippen LogP contribution in [0.1, 0.15) is 47.4 Å². The van der Waals surface area contributed by atoms with Crippen LogP contribution in [0.15, 0.2) is 48.5 Å². The van der Waals surface area contributed by atoms with E-state index in [1.165, 1.54) is 0 Å². The second-order valence-corrected chi connectivity index (χ2v) is 8.41. The number of likely N-dealkylation sites (tertiary alicyclic amines) is 1. The van der Waals surface area contributed by atoms with Crippen LogP contribution in [0.4, 0.5) is 5.69 Å². The lowest BCUT2D eigenvalue weighted by molar-refractivity contribution is 0.0697. The number of benzene rings is 2. The normalized spacial score (nSPS) is 13.9. The van der Waals surface area contributed by atoms with Crippen LogP contribution in [0.3, 0.4) is 0 Å². The first-order chi connectivity index (χ1) is 16.0. The maximum absolute atomic E-state index is 12.7. The number of carbonyl (C=O) groups is 2. The van der Waals surface area contributed by atoms with Crippen LogP contribution in [0.2, 0.25) is 0 Å². The summed E-state index contributed by atoms with van der Waals surface area (Å²) in [4.78, 5) is 27.3. The van der Waals surface area contributed by atoms with Gasteiger partial charge in [-0.1, -0.05) is 19.1 Å². The number of para-hydroxylation sites is 1. The molecule has 0 unspecified atom stereocenters. The van der Waals surface area contributed by atoms with Crippen molar-refractivity contribution in [3.8, 4) is 5.75 Å². The molecule has 0 aromatic heterocycles. The highest BCUT2D eigenvalue weighted by Crippen LogP contribution is 2.20. The molecule has 1 fully saturated rings. The van der Waals surface area contributed by atoms with E-state index in [4.69, 9.17) is 21.7 Å². The molecule has 2 aromatic carbocycles. The third-order valence-electron chi connectivity index (χ3n) is 5.51. The van der Waals surface area contributed by atoms with Gasteiger partial charge in [-0.25, -0.2) is 0 Å². The molecular formula is C25H31N3O4S. The molecule has 0 spiro atoms. The molecule has 2 N–H and O–H groups in total. The molecule has 7 nitrogen and oxygen atoms in total. The van der Waals surface area contributed by atoms with Crippen LogP contribution in [-0.2, 0) is 4.74 Å². The van der Waals surface area contributed by atoms with Gasteiger partial charge in [0, 0.05) is 30.9 Å². The van der Waals surface area contributed by atoms with Gasteiger partial charge in [0.05, 0.1) is 12.2 Å². The standard InChI is InChI=1S/C25H31N3O4S/c1-3-31-16-17-32-22-7-5-4-6-21(22)23(29)27-25(33)26-20-10-8-19(9-11-20)24(30)28-14-12-18(2)13-15-28/h4-11,18H,3,12-17H2,1-2H3,(H2,26,27,29,33). The Morgan fingerprint density at radius 1 is 1.06 bits per heavy atom. The van der Waals surface area contributed by atoms with Crippen LogP contribution >= 0.6 is 12.2 Å². The summed E-state index contributed by atoms with van der Waals surface area (Å²) in [7, 11) is 0. The topological polar surface area (TPSA) is 79.9 Å². The Kier molecular flexibility index (Phi) is 9.21. The van der Waals surface area contributed by atoms with E-state index in [0.29, 0.717) is 48.3 Å². The summed E-state index contributed by atoms with van der Waals surface area (Å²) in [5, 5.41) is 5.82. The van der Waals surface area contributed by atoms with E-state index >= 15 is 0 Å². The fraction of sp³-hybridized carbons (Fsp3) is 0.400. The summed E-state index contributed by atoms with van der Waals surface area (Å²) in [5.41, 5.74) is 1.71. The first kappa shape index (κ1) is 24.7. The van der Waals surface area contributed by atoms with Gasteiger partial charge in [-0.15, -0.1) is 0 Å². The van der Waals surface area contributed by atoms with Crippen molar-refractivity contribution >= 4 is 34.8 Å². The predicted octanol–water partition coefficient (Wildman–Crippen LogP) is 4.10. The maximum Gasteiger partial charge on any atom is 0.261 e. The van der Waals surface area contributed by atoms with Gasteiger partial charge in [0.25, 0.3) is 11.8 Å². The van der Waals surface area contributed by atoms with E-state index in [-0.39, 0.29) is 16.9 Å². The smallest absolute Gasteiger partial charge is 0.261 e. The number of thiocarbonyl (C=S) groups is 1. The molecule has 2 aromatic rings. The van der Waals surface area contributed by atoms with Crippen molar-refractivity contribution in [2.45, 2.75) is 26.7 Å². The zero-order valence-electron chi connectivity index (χ0n) is 19.1. The summed E-state index contributed by atoms with van der Waals surface area (Å²) in [6, 6.07) is 14.1. The van der Waals surface area contributed by atoms with Crippen LogP contribution in [0, 0.1) is 5.92 Å². The molecule has 1 aliphatic heterocycles. The van der Waals surface area contributed by atoms with Gasteiger partial charge in [-0.05, 0) is 74.3 Å². The SMILES string of the molecule is CCOCCOc1ccccc1C(=O)NC(=S)Nc1ccc(C(=O)N2CCC(C)CC2)cc1. The van der Waals surface area contributed by atoms with E-state index in [9.17, 15) is 9.59 Å². The Morgan fingerprint density at radius 2 is 1.76 bits per heavy atom. The minimum absolute atomic E-state index is 0.0465. The van der Waals surface area contributed by atoms with Gasteiger partial charge in [-0.2, -0.15) is 0 Å². The zero-order valence-corrected chi connectivity index (χ0v) is 20.0. The minimum atomic E-state index is -0.370. The third kappa shape index (κ3) is 7.27. The predicted molar refractivity (Wildman–Crippen MR) is 133 cm³/mol. The second-order valence-electron chi connectivity index (χ2n) is 8.00. The van der Waals surface area contributed by atoms with Crippen molar-refractivity contribution in [2.24, 2.45) is 5.92 Å². The first-order valence-electron chi connectivity index (χ1n) is 11.3. The maximum atomic E-state index is 12.7. The van der Waals surface area contributed by atoms with Crippen molar-refractivity contribution in [1.82, 2.24) is 10.2 Å². The fourth-order valence-corrected chi connectivity index (χ4v) is 3.77. The average Bonchev–Trinajstić information content (AvgIpc) is 2.82. The lowest BCUT2D eigenvalue weighted by atomic mass is 9.98. The van der Waals surface area contributed by atoms with Crippen molar-refractivity contribution in [3.63, 3.8) is 0 Å². The number of ether oxygens (including phenoxy) is 2. The molecule has 3 rings (SSSR count). The second kappa shape index (κ2) is 12.3. The molecule has 0 aliphatic carbocycles. The molecule has 0 bridgehead atoms. The quantitative estimate of drug-likeness (QED) is 0.448. The largest absolute Gasteiger partial charge is 0.490 e. The van der Waals surface area contributed by atoms with Gasteiger partial charge >= 0.3 is 0 Å². The molecule has 8 heteroatoms. The van der Waals surface area contributed by atoms with Crippen LogP contribution in [0.25, 0.3) is 0 Å². The van der Waals surface area contributed by atoms with Gasteiger partial charge in [0.1, 0.15) is 12.4 Å².